The fourth-order valence-electron chi connectivity index (χ4n) is 16.9. The van der Waals surface area contributed by atoms with Gasteiger partial charge in [0.05, 0.1) is 36.7 Å². The van der Waals surface area contributed by atoms with Crippen LogP contribution in [0.4, 0.5) is 4.79 Å². The number of carbonyl (C=O) groups is 2. The molecule has 5 saturated heterocycles. The number of rotatable bonds is 20. The van der Waals surface area contributed by atoms with Crippen LogP contribution in [0.25, 0.3) is 83.0 Å². The highest BCUT2D eigenvalue weighted by Crippen LogP contribution is 2.48. The summed E-state index contributed by atoms with van der Waals surface area (Å²) in [6.45, 7) is 16.5. The summed E-state index contributed by atoms with van der Waals surface area (Å²) < 4.78 is 110. The minimum atomic E-state index is -3.44. The monoisotopic (exact) mass is 1720 g/mol. The van der Waals surface area contributed by atoms with Gasteiger partial charge in [-0.3, -0.25) is 4.79 Å². The van der Waals surface area contributed by atoms with Crippen molar-refractivity contribution in [3.05, 3.63) is 150 Å². The molecule has 638 valence electrons. The predicted octanol–water partition coefficient (Wildman–Crippen LogP) is 5.47. The SMILES string of the molecule is CCCC(=O)N1CC(C2=CB(O)Oc3cnc4[nH]ccc4c32)C1.CCCN(C)S(=O)(=O)N1CC(C2=CB(O)Oc3cnc4[nH]ccc4c32)C1.CCCNC(=O)N1CC(C2=CB(O)Oc3cnc4[nH]ccc4c32)C1.CCCNS(=O)(=O)N1CC(C2=CB(O)Oc3cnc4[nH]ccc4c32)C1.CCCS(=O)(=O)N1CC(C2=CB(O)Oc3cnc4[nH]ccc4c32)C1. The predicted molar refractivity (Wildman–Crippen MR) is 465 cm³/mol. The van der Waals surface area contributed by atoms with Crippen molar-refractivity contribution in [3.8, 4) is 28.7 Å². The molecular formula is C78H95B5N18O18S3. The van der Waals surface area contributed by atoms with Crippen LogP contribution < -0.4 is 33.3 Å². The number of aromatic amines is 5. The number of amides is 3. The number of H-pyrrole nitrogens is 5. The van der Waals surface area contributed by atoms with E-state index in [0.717, 1.165) is 137 Å². The van der Waals surface area contributed by atoms with E-state index in [-0.39, 0.29) is 47.3 Å². The van der Waals surface area contributed by atoms with Crippen molar-refractivity contribution >= 4 is 161 Å². The molecule has 0 atom stereocenters. The lowest BCUT2D eigenvalue weighted by atomic mass is 9.75. The Morgan fingerprint density at radius 3 is 1.05 bits per heavy atom. The van der Waals surface area contributed by atoms with E-state index >= 15 is 0 Å². The molecule has 0 unspecified atom stereocenters. The summed E-state index contributed by atoms with van der Waals surface area (Å²) in [6.07, 6.45) is 21.6. The number of fused-ring (bicyclic) bond motifs is 15. The highest BCUT2D eigenvalue weighted by Gasteiger charge is 2.47. The molecule has 0 bridgehead atoms. The van der Waals surface area contributed by atoms with Crippen molar-refractivity contribution in [2.45, 2.75) is 73.1 Å². The lowest BCUT2D eigenvalue weighted by Gasteiger charge is -2.42. The fraction of sp³-hybridized carbons (Fsp3) is 0.397. The van der Waals surface area contributed by atoms with Crippen LogP contribution in [-0.4, -0.2) is 273 Å². The van der Waals surface area contributed by atoms with Gasteiger partial charge in [-0.05, 0) is 120 Å². The number of likely N-dealkylation sites (tertiary alicyclic amines) is 2. The molecule has 0 aromatic carbocycles. The zero-order chi connectivity index (χ0) is 85.6. The van der Waals surface area contributed by atoms with E-state index in [1.807, 2.05) is 82.2 Å². The van der Waals surface area contributed by atoms with Gasteiger partial charge in [0, 0.05) is 214 Å². The Labute approximate surface area is 706 Å². The molecule has 12 N–H and O–H groups in total. The number of hydrogen-bond acceptors (Lipinski definition) is 23. The summed E-state index contributed by atoms with van der Waals surface area (Å²) >= 11 is 0. The Kier molecular flexibility index (Phi) is 24.8. The van der Waals surface area contributed by atoms with Crippen LogP contribution in [0.5, 0.6) is 28.7 Å². The molecule has 0 radical (unpaired) electrons. The van der Waals surface area contributed by atoms with Crippen LogP contribution in [0.3, 0.4) is 0 Å². The number of urea groups is 1. The number of sulfonamides is 1. The summed E-state index contributed by atoms with van der Waals surface area (Å²) in [5, 5.41) is 57.5. The van der Waals surface area contributed by atoms with E-state index < -0.39 is 66.0 Å². The highest BCUT2D eigenvalue weighted by molar-refractivity contribution is 7.89. The van der Waals surface area contributed by atoms with Gasteiger partial charge in [0.1, 0.15) is 57.0 Å². The zero-order valence-electron chi connectivity index (χ0n) is 68.2. The molecule has 10 aromatic heterocycles. The standard InChI is InChI=1S/C16H21BN4O4S.C16H19BN4O3.C16H18BN3O3.C15H19BN4O4S.C15H18BN3O4S/c1-3-6-20(2)26(23,24)21-9-11(10-21)13-7-17(22)25-14-8-19-16-12(15(13)14)4-5-18-16;1-2-4-19-16(22)21-8-10(9-21)12-6-17(23)24-13-7-20-15-11(14(12)13)3-5-18-15;1-2-3-14(21)20-8-10(9-20)12-6-17(22)23-13-7-19-16-11(15(12)13)4-5-18-16;1-2-4-19-25(22,23)20-8-10(9-20)12-6-16(21)24-13-7-18-15-11(14(12)13)3-5-17-15;1-2-5-24(21,22)19-8-10(9-19)12-6-16(20)23-13-7-18-15-11(14(12)13)3-4-17-15/h4-5,7-8,11,22H,3,6,9-10H2,1-2H3,(H,18,19);3,5-7,10,23H,2,4,8-9H2,1H3,(H,18,20)(H,19,22);4-7,10,22H,2-3,8-9H2,1H3,(H,18,19);3,5-7,10,19,21H,2,4,8-9H2,1H3,(H,17,18);3-4,6-7,10,20H,2,5,8-9H2,1H3,(H,17,18). The van der Waals surface area contributed by atoms with Crippen molar-refractivity contribution in [2.24, 2.45) is 29.6 Å². The second kappa shape index (κ2) is 35.5. The Balaban J connectivity index is 0.000000113. The number of hydrogen-bond donors (Lipinski definition) is 12. The molecule has 5 fully saturated rings. The largest absolute Gasteiger partial charge is 0.552 e. The maximum Gasteiger partial charge on any atom is 0.552 e. The Bertz CT molecular complexity index is 6130. The van der Waals surface area contributed by atoms with Crippen molar-refractivity contribution in [1.82, 2.24) is 86.9 Å². The number of pyridine rings is 5. The lowest BCUT2D eigenvalue weighted by molar-refractivity contribution is -0.136. The second-order valence-electron chi connectivity index (χ2n) is 31.5. The van der Waals surface area contributed by atoms with Gasteiger partial charge in [0.15, 0.2) is 0 Å². The zero-order valence-corrected chi connectivity index (χ0v) is 70.6. The van der Waals surface area contributed by atoms with Gasteiger partial charge in [-0.15, -0.1) is 0 Å². The molecule has 10 aromatic rings. The minimum absolute atomic E-state index is 0.0102. The van der Waals surface area contributed by atoms with Gasteiger partial charge in [-0.2, -0.15) is 29.8 Å². The molecule has 36 nitrogen and oxygen atoms in total. The molecule has 10 aliphatic rings. The molecule has 44 heteroatoms. The third kappa shape index (κ3) is 17.0. The number of carbonyl (C=O) groups excluding carboxylic acids is 2. The summed E-state index contributed by atoms with van der Waals surface area (Å²) in [7, 11) is -13.5. The van der Waals surface area contributed by atoms with Crippen molar-refractivity contribution in [3.63, 3.8) is 0 Å². The molecule has 20 heterocycles. The van der Waals surface area contributed by atoms with E-state index in [0.29, 0.717) is 127 Å². The van der Waals surface area contributed by atoms with Crippen molar-refractivity contribution in [1.29, 1.82) is 0 Å². The van der Waals surface area contributed by atoms with Crippen molar-refractivity contribution in [2.75, 3.05) is 97.9 Å². The first-order chi connectivity index (χ1) is 58.7. The first-order valence-electron chi connectivity index (χ1n) is 41.1. The number of nitrogens with zero attached hydrogens (tertiary/aromatic N) is 11. The second-order valence-corrected chi connectivity index (χ2v) is 37.4. The van der Waals surface area contributed by atoms with Crippen LogP contribution in [-0.2, 0) is 35.2 Å². The summed E-state index contributed by atoms with van der Waals surface area (Å²) in [5.74, 6) is 12.1. The summed E-state index contributed by atoms with van der Waals surface area (Å²) in [5.41, 5.74) is 13.2. The van der Waals surface area contributed by atoms with Gasteiger partial charge >= 0.3 is 41.6 Å². The van der Waals surface area contributed by atoms with Gasteiger partial charge in [-0.1, -0.05) is 34.6 Å². The Hall–Kier alpha value is -10.3. The molecule has 20 rings (SSSR count). The van der Waals surface area contributed by atoms with Gasteiger partial charge in [-0.25, -0.2) is 47.2 Å². The molecule has 10 aliphatic heterocycles. The number of aromatic nitrogens is 10. The molecule has 3 amide bonds. The quantitative estimate of drug-likeness (QED) is 0.0421. The average molecular weight is 1720 g/mol. The van der Waals surface area contributed by atoms with Crippen LogP contribution in [0.15, 0.2) is 122 Å². The van der Waals surface area contributed by atoms with E-state index in [2.05, 4.69) is 59.9 Å². The molecule has 0 aliphatic carbocycles. The summed E-state index contributed by atoms with van der Waals surface area (Å²) in [6, 6.07) is 9.64. The first-order valence-corrected chi connectivity index (χ1v) is 45.6. The maximum atomic E-state index is 12.6. The van der Waals surface area contributed by atoms with Gasteiger partial charge in [0.2, 0.25) is 15.9 Å². The Morgan fingerprint density at radius 2 is 0.738 bits per heavy atom. The third-order valence-electron chi connectivity index (χ3n) is 23.2. The van der Waals surface area contributed by atoms with Crippen LogP contribution in [0, 0.1) is 29.6 Å². The maximum absolute atomic E-state index is 12.6. The van der Waals surface area contributed by atoms with E-state index in [1.54, 1.807) is 91.4 Å². The topological polar surface area (TPSA) is 471 Å². The first kappa shape index (κ1) is 85.2. The third-order valence-corrected chi connectivity index (χ3v) is 28.7. The molecule has 122 heavy (non-hydrogen) atoms. The highest BCUT2D eigenvalue weighted by atomic mass is 32.2. The van der Waals surface area contributed by atoms with Crippen molar-refractivity contribution < 1.29 is 83.2 Å². The minimum Gasteiger partial charge on any atom is -0.531 e. The lowest BCUT2D eigenvalue weighted by Crippen LogP contribution is -2.55. The van der Waals surface area contributed by atoms with E-state index in [1.165, 1.54) is 17.2 Å². The smallest absolute Gasteiger partial charge is 0.531 e. The van der Waals surface area contributed by atoms with Crippen LogP contribution >= 0.6 is 0 Å². The molecule has 0 spiro atoms. The van der Waals surface area contributed by atoms with E-state index in [4.69, 9.17) is 23.3 Å². The van der Waals surface area contributed by atoms with Crippen LogP contribution in [0.2, 0.25) is 0 Å². The molecule has 0 saturated carbocycles. The Morgan fingerprint density at radius 1 is 0.426 bits per heavy atom. The van der Waals surface area contributed by atoms with E-state index in [9.17, 15) is 60.0 Å². The normalized spacial score (nSPS) is 18.2. The van der Waals surface area contributed by atoms with Gasteiger partial charge < -0.3 is 88.4 Å². The summed E-state index contributed by atoms with van der Waals surface area (Å²) in [4.78, 5) is 64.5. The van der Waals surface area contributed by atoms with Gasteiger partial charge in [0.25, 0.3) is 20.4 Å². The number of nitrogens with one attached hydrogen (secondary N) is 7. The van der Waals surface area contributed by atoms with Crippen LogP contribution in [0.1, 0.15) is 101 Å². The molecular weight excluding hydrogens is 1630 g/mol. The average Bonchev–Trinajstić information content (AvgIpc) is 1.26. The fourth-order valence-corrected chi connectivity index (χ4v) is 21.4.